The van der Waals surface area contributed by atoms with Crippen LogP contribution in [0.4, 0.5) is 0 Å². The number of aromatic nitrogens is 1. The summed E-state index contributed by atoms with van der Waals surface area (Å²) in [7, 11) is 0. The van der Waals surface area contributed by atoms with Crippen LogP contribution in [0.3, 0.4) is 0 Å². The minimum atomic E-state index is -0.00305. The van der Waals surface area contributed by atoms with E-state index in [4.69, 9.17) is 4.74 Å². The van der Waals surface area contributed by atoms with Crippen molar-refractivity contribution in [3.63, 3.8) is 0 Å². The fourth-order valence-electron chi connectivity index (χ4n) is 2.10. The van der Waals surface area contributed by atoms with Crippen LogP contribution in [0.15, 0.2) is 47.9 Å². The molecule has 20 heavy (non-hydrogen) atoms. The predicted molar refractivity (Wildman–Crippen MR) is 83.4 cm³/mol. The molecule has 0 N–H and O–H groups in total. The van der Waals surface area contributed by atoms with E-state index in [0.29, 0.717) is 24.5 Å². The Kier molecular flexibility index (Phi) is 4.61. The van der Waals surface area contributed by atoms with Gasteiger partial charge < -0.3 is 9.30 Å². The van der Waals surface area contributed by atoms with Gasteiger partial charge in [-0.1, -0.05) is 26.0 Å². The zero-order chi connectivity index (χ0) is 14.5. The Labute approximate surface area is 119 Å². The van der Waals surface area contributed by atoms with E-state index in [-0.39, 0.29) is 5.56 Å². The maximum absolute atomic E-state index is 12.3. The Hall–Kier alpha value is -2.03. The summed E-state index contributed by atoms with van der Waals surface area (Å²) < 4.78 is 7.46. The van der Waals surface area contributed by atoms with Gasteiger partial charge in [-0.25, -0.2) is 0 Å². The second-order valence-electron chi connectivity index (χ2n) is 5.31. The van der Waals surface area contributed by atoms with E-state index >= 15 is 0 Å². The molecule has 1 aromatic heterocycles. The molecule has 0 radical (unpaired) electrons. The van der Waals surface area contributed by atoms with Crippen LogP contribution >= 0.6 is 0 Å². The summed E-state index contributed by atoms with van der Waals surface area (Å²) in [6.07, 6.45) is 4.52. The lowest BCUT2D eigenvalue weighted by Crippen LogP contribution is -2.18. The van der Waals surface area contributed by atoms with Gasteiger partial charge in [-0.15, -0.1) is 6.58 Å². The smallest absolute Gasteiger partial charge is 0.258 e. The second-order valence-corrected chi connectivity index (χ2v) is 5.31. The summed E-state index contributed by atoms with van der Waals surface area (Å²) in [4.78, 5) is 12.3. The fourth-order valence-corrected chi connectivity index (χ4v) is 2.10. The molecule has 2 aromatic rings. The second kappa shape index (κ2) is 6.42. The Bertz CT molecular complexity index is 656. The van der Waals surface area contributed by atoms with E-state index in [9.17, 15) is 4.79 Å². The number of pyridine rings is 1. The molecule has 0 spiro atoms. The molecule has 2 rings (SSSR count). The Morgan fingerprint density at radius 1 is 1.30 bits per heavy atom. The molecule has 0 amide bonds. The number of ether oxygens (including phenoxy) is 1. The molecule has 0 atom stereocenters. The molecule has 0 aliphatic rings. The van der Waals surface area contributed by atoms with Gasteiger partial charge in [-0.3, -0.25) is 4.79 Å². The largest absolute Gasteiger partial charge is 0.493 e. The Balaban J connectivity index is 2.35. The average molecular weight is 271 g/mol. The molecule has 0 unspecified atom stereocenters. The molecule has 0 aliphatic heterocycles. The van der Waals surface area contributed by atoms with Crippen LogP contribution in [0.25, 0.3) is 10.8 Å². The van der Waals surface area contributed by atoms with Crippen molar-refractivity contribution in [2.75, 3.05) is 6.61 Å². The number of hydrogen-bond acceptors (Lipinski definition) is 2. The van der Waals surface area contributed by atoms with Gasteiger partial charge in [0.1, 0.15) is 5.75 Å². The highest BCUT2D eigenvalue weighted by Crippen LogP contribution is 2.23. The van der Waals surface area contributed by atoms with Crippen molar-refractivity contribution in [1.29, 1.82) is 0 Å². The lowest BCUT2D eigenvalue weighted by Gasteiger charge is -2.11. The topological polar surface area (TPSA) is 31.2 Å². The molecule has 0 fully saturated rings. The number of benzene rings is 1. The molecule has 0 saturated carbocycles. The van der Waals surface area contributed by atoms with Gasteiger partial charge in [0.25, 0.3) is 5.56 Å². The molecular weight excluding hydrogens is 250 g/mol. The summed E-state index contributed by atoms with van der Waals surface area (Å²) in [6.45, 7) is 9.20. The van der Waals surface area contributed by atoms with E-state index in [0.717, 1.165) is 17.6 Å². The summed E-state index contributed by atoms with van der Waals surface area (Å²) >= 11 is 0. The van der Waals surface area contributed by atoms with Crippen molar-refractivity contribution in [2.24, 2.45) is 5.92 Å². The van der Waals surface area contributed by atoms with Gasteiger partial charge in [0.2, 0.25) is 0 Å². The van der Waals surface area contributed by atoms with E-state index in [2.05, 4.69) is 20.4 Å². The SMILES string of the molecule is C=CCn1ccc2c(OCCC(C)C)cccc2c1=O. The van der Waals surface area contributed by atoms with Crippen LogP contribution in [0.2, 0.25) is 0 Å². The molecule has 0 saturated heterocycles. The molecule has 0 bridgehead atoms. The highest BCUT2D eigenvalue weighted by Gasteiger charge is 2.07. The minimum Gasteiger partial charge on any atom is -0.493 e. The standard InChI is InChI=1S/C17H21NO2/c1-4-10-18-11-8-14-15(17(18)19)6-5-7-16(14)20-12-9-13(2)3/h4-8,11,13H,1,9-10,12H2,2-3H3. The van der Waals surface area contributed by atoms with E-state index in [1.54, 1.807) is 16.8 Å². The molecule has 0 aliphatic carbocycles. The van der Waals surface area contributed by atoms with Crippen molar-refractivity contribution in [3.8, 4) is 5.75 Å². The number of allylic oxidation sites excluding steroid dienone is 1. The zero-order valence-corrected chi connectivity index (χ0v) is 12.1. The first-order valence-electron chi connectivity index (χ1n) is 6.99. The maximum Gasteiger partial charge on any atom is 0.258 e. The Morgan fingerprint density at radius 3 is 2.80 bits per heavy atom. The minimum absolute atomic E-state index is 0.00305. The van der Waals surface area contributed by atoms with E-state index in [1.165, 1.54) is 0 Å². The normalized spacial score (nSPS) is 10.9. The Morgan fingerprint density at radius 2 is 2.10 bits per heavy atom. The van der Waals surface area contributed by atoms with Crippen molar-refractivity contribution < 1.29 is 4.74 Å². The number of hydrogen-bond donors (Lipinski definition) is 0. The third-order valence-corrected chi connectivity index (χ3v) is 3.26. The van der Waals surface area contributed by atoms with Gasteiger partial charge in [0.15, 0.2) is 0 Å². The van der Waals surface area contributed by atoms with Crippen molar-refractivity contribution >= 4 is 10.8 Å². The number of nitrogens with zero attached hydrogens (tertiary/aromatic N) is 1. The van der Waals surface area contributed by atoms with Crippen LogP contribution in [0.5, 0.6) is 5.75 Å². The molecule has 3 nitrogen and oxygen atoms in total. The third kappa shape index (κ3) is 3.10. The molecular formula is C17H21NO2. The van der Waals surface area contributed by atoms with Crippen molar-refractivity contribution in [2.45, 2.75) is 26.8 Å². The van der Waals surface area contributed by atoms with Gasteiger partial charge in [0, 0.05) is 18.1 Å². The highest BCUT2D eigenvalue weighted by atomic mass is 16.5. The monoisotopic (exact) mass is 271 g/mol. The van der Waals surface area contributed by atoms with E-state index in [1.807, 2.05) is 24.3 Å². The number of rotatable bonds is 6. The van der Waals surface area contributed by atoms with Crippen LogP contribution in [-0.4, -0.2) is 11.2 Å². The van der Waals surface area contributed by atoms with Gasteiger partial charge in [-0.2, -0.15) is 0 Å². The molecule has 106 valence electrons. The lowest BCUT2D eigenvalue weighted by atomic mass is 10.1. The average Bonchev–Trinajstić information content (AvgIpc) is 2.42. The third-order valence-electron chi connectivity index (χ3n) is 3.26. The first-order chi connectivity index (χ1) is 9.63. The molecule has 1 heterocycles. The first-order valence-corrected chi connectivity index (χ1v) is 6.99. The number of fused-ring (bicyclic) bond motifs is 1. The summed E-state index contributed by atoms with van der Waals surface area (Å²) in [5.74, 6) is 1.39. The van der Waals surface area contributed by atoms with Crippen LogP contribution in [0.1, 0.15) is 20.3 Å². The summed E-state index contributed by atoms with van der Waals surface area (Å²) in [5.41, 5.74) is -0.00305. The fraction of sp³-hybridized carbons (Fsp3) is 0.353. The maximum atomic E-state index is 12.3. The van der Waals surface area contributed by atoms with Crippen LogP contribution in [-0.2, 0) is 6.54 Å². The van der Waals surface area contributed by atoms with Crippen molar-refractivity contribution in [1.82, 2.24) is 4.57 Å². The van der Waals surface area contributed by atoms with Crippen molar-refractivity contribution in [3.05, 3.63) is 53.5 Å². The van der Waals surface area contributed by atoms with Gasteiger partial charge in [-0.05, 0) is 30.5 Å². The van der Waals surface area contributed by atoms with E-state index < -0.39 is 0 Å². The summed E-state index contributed by atoms with van der Waals surface area (Å²) in [5, 5.41) is 1.57. The van der Waals surface area contributed by atoms with Crippen LogP contribution in [0, 0.1) is 5.92 Å². The summed E-state index contributed by atoms with van der Waals surface area (Å²) in [6, 6.07) is 7.56. The lowest BCUT2D eigenvalue weighted by molar-refractivity contribution is 0.292. The highest BCUT2D eigenvalue weighted by molar-refractivity contribution is 5.87. The predicted octanol–water partition coefficient (Wildman–Crippen LogP) is 3.61. The van der Waals surface area contributed by atoms with Gasteiger partial charge in [0.05, 0.1) is 12.0 Å². The van der Waals surface area contributed by atoms with Crippen LogP contribution < -0.4 is 10.3 Å². The van der Waals surface area contributed by atoms with Gasteiger partial charge >= 0.3 is 0 Å². The molecule has 1 aromatic carbocycles. The quantitative estimate of drug-likeness (QED) is 0.751. The zero-order valence-electron chi connectivity index (χ0n) is 12.1. The molecule has 3 heteroatoms. The first kappa shape index (κ1) is 14.4.